The van der Waals surface area contributed by atoms with Crippen LogP contribution in [0.3, 0.4) is 0 Å². The molecule has 1 aromatic rings. The second kappa shape index (κ2) is 38.4. The molecule has 4 nitrogen and oxygen atoms in total. The van der Waals surface area contributed by atoms with Crippen molar-refractivity contribution >= 4 is 38.7 Å². The molecule has 0 spiro atoms. The summed E-state index contributed by atoms with van der Waals surface area (Å²) in [6, 6.07) is 9.52. The average molecular weight is 585 g/mol. The monoisotopic (exact) mass is 584 g/mol. The van der Waals surface area contributed by atoms with Crippen LogP contribution in [0.25, 0.3) is 5.73 Å². The number of halogens is 2. The standard InChI is InChI=1S/C7H8O.C5H12NO2.C2H5.2ClH.HPS.Pt/c8-6-7-4-2-1-3-5-7;1-7-4-5-8-3-2-6;1-2;;;1-2;/h1-5,8H,6H2;6H,2-5H2,1H3;1H2,2H3;2*1H;1H;/q;2*-1;;;;+4/p-2. The number of benzene rings is 1. The summed E-state index contributed by atoms with van der Waals surface area (Å²) in [4.78, 5) is 0. The van der Waals surface area contributed by atoms with Gasteiger partial charge in [0.1, 0.15) is 0 Å². The number of aliphatic hydroxyl groups is 1. The molecular weight excluding hydrogens is 559 g/mol. The summed E-state index contributed by atoms with van der Waals surface area (Å²) in [6.07, 6.45) is 0. The van der Waals surface area contributed by atoms with Crippen LogP contribution in [0.5, 0.6) is 0 Å². The predicted octanol–water partition coefficient (Wildman–Crippen LogP) is 4.69. The molecule has 0 saturated heterocycles. The van der Waals surface area contributed by atoms with Crippen molar-refractivity contribution in [1.82, 2.24) is 0 Å². The quantitative estimate of drug-likeness (QED) is 0.299. The fraction of sp³-hybridized carbons (Fsp3) is 0.500. The molecule has 0 saturated carbocycles. The van der Waals surface area contributed by atoms with E-state index in [-0.39, 0.29) is 6.61 Å². The van der Waals surface area contributed by atoms with Crippen LogP contribution >= 0.6 is 26.9 Å². The molecule has 23 heavy (non-hydrogen) atoms. The zero-order valence-corrected chi connectivity index (χ0v) is 19.0. The SMILES string of the molecule is COCCOCC[NH-].OCc1ccccc1.P=S.[CH2-]C.[Cl][Pt+2][Cl]. The Bertz CT molecular complexity index is 275. The summed E-state index contributed by atoms with van der Waals surface area (Å²) >= 11 is 3.42. The van der Waals surface area contributed by atoms with Crippen molar-refractivity contribution in [2.75, 3.05) is 33.5 Å². The Morgan fingerprint density at radius 1 is 1.17 bits per heavy atom. The van der Waals surface area contributed by atoms with Crippen molar-refractivity contribution in [3.63, 3.8) is 0 Å². The van der Waals surface area contributed by atoms with Crippen molar-refractivity contribution < 1.29 is 31.1 Å². The normalized spacial score (nSPS) is 7.96. The minimum absolute atomic E-state index is 0.140. The van der Waals surface area contributed by atoms with E-state index in [2.05, 4.69) is 26.7 Å². The topological polar surface area (TPSA) is 62.5 Å². The molecular formula is C14H26Cl2NO3PPtS. The molecule has 140 valence electrons. The van der Waals surface area contributed by atoms with E-state index < -0.39 is 16.5 Å². The van der Waals surface area contributed by atoms with Crippen molar-refractivity contribution in [2.24, 2.45) is 0 Å². The Hall–Kier alpha value is 0.848. The predicted molar refractivity (Wildman–Crippen MR) is 103 cm³/mol. The van der Waals surface area contributed by atoms with Gasteiger partial charge in [-0.3, -0.25) is 0 Å². The number of aliphatic hydroxyl groups excluding tert-OH is 1. The van der Waals surface area contributed by atoms with Crippen LogP contribution in [-0.4, -0.2) is 38.6 Å². The van der Waals surface area contributed by atoms with E-state index in [1.54, 1.807) is 14.0 Å². The van der Waals surface area contributed by atoms with Crippen LogP contribution in [0.2, 0.25) is 0 Å². The van der Waals surface area contributed by atoms with Gasteiger partial charge in [-0.2, -0.15) is 6.92 Å². The maximum absolute atomic E-state index is 8.54. The van der Waals surface area contributed by atoms with Gasteiger partial charge in [-0.25, -0.2) is 0 Å². The summed E-state index contributed by atoms with van der Waals surface area (Å²) < 4.78 is 9.61. The molecule has 0 aromatic heterocycles. The Morgan fingerprint density at radius 2 is 1.65 bits per heavy atom. The van der Waals surface area contributed by atoms with Gasteiger partial charge in [0.2, 0.25) is 0 Å². The molecule has 0 fully saturated rings. The van der Waals surface area contributed by atoms with Crippen LogP contribution in [-0.2, 0) is 44.4 Å². The summed E-state index contributed by atoms with van der Waals surface area (Å²) in [7, 11) is 13.9. The minimum atomic E-state index is -0.472. The first-order valence-corrected chi connectivity index (χ1v) is 13.6. The summed E-state index contributed by atoms with van der Waals surface area (Å²) in [5.74, 6) is 0. The van der Waals surface area contributed by atoms with E-state index in [9.17, 15) is 0 Å². The molecule has 0 radical (unpaired) electrons. The Balaban J connectivity index is -0.000000114. The average Bonchev–Trinajstić information content (AvgIpc) is 2.64. The first kappa shape index (κ1) is 31.6. The van der Waals surface area contributed by atoms with Gasteiger partial charge in [0.25, 0.3) is 0 Å². The second-order valence-corrected chi connectivity index (χ2v) is 6.33. The number of hydrogen-bond acceptors (Lipinski definition) is 4. The molecule has 0 aliphatic carbocycles. The van der Waals surface area contributed by atoms with Crippen molar-refractivity contribution in [1.29, 1.82) is 0 Å². The molecule has 0 unspecified atom stereocenters. The Morgan fingerprint density at radius 3 is 1.96 bits per heavy atom. The number of nitrogens with one attached hydrogen (secondary N) is 1. The van der Waals surface area contributed by atoms with Gasteiger partial charge in [-0.15, -0.1) is 6.54 Å². The third-order valence-electron chi connectivity index (χ3n) is 1.70. The zero-order chi connectivity index (χ0) is 18.8. The van der Waals surface area contributed by atoms with Gasteiger partial charge in [0, 0.05) is 13.7 Å². The Labute approximate surface area is 164 Å². The van der Waals surface area contributed by atoms with Gasteiger partial charge in [-0.05, 0) is 13.6 Å². The van der Waals surface area contributed by atoms with Crippen LogP contribution < -0.4 is 0 Å². The third-order valence-corrected chi connectivity index (χ3v) is 1.70. The third kappa shape index (κ3) is 39.5. The molecule has 0 atom stereocenters. The van der Waals surface area contributed by atoms with E-state index >= 15 is 0 Å². The maximum atomic E-state index is 8.54. The van der Waals surface area contributed by atoms with Crippen molar-refractivity contribution in [3.05, 3.63) is 48.6 Å². The second-order valence-electron chi connectivity index (χ2n) is 3.04. The van der Waals surface area contributed by atoms with Gasteiger partial charge in [-0.1, -0.05) is 42.1 Å². The van der Waals surface area contributed by atoms with E-state index in [4.69, 9.17) is 39.2 Å². The van der Waals surface area contributed by atoms with Gasteiger partial charge in [0.15, 0.2) is 0 Å². The molecule has 9 heteroatoms. The first-order chi connectivity index (χ1) is 11.3. The number of ether oxygens (including phenoxy) is 2. The van der Waals surface area contributed by atoms with Crippen molar-refractivity contribution in [2.45, 2.75) is 13.5 Å². The summed E-state index contributed by atoms with van der Waals surface area (Å²) in [5, 5.41) is 8.54. The fourth-order valence-electron chi connectivity index (χ4n) is 0.900. The number of methoxy groups -OCH3 is 1. The molecule has 1 aromatic carbocycles. The molecule has 0 aliphatic heterocycles. The van der Waals surface area contributed by atoms with Crippen LogP contribution in [0.15, 0.2) is 30.3 Å². The molecule has 0 amide bonds. The molecule has 0 bridgehead atoms. The van der Waals surface area contributed by atoms with Crippen molar-refractivity contribution in [3.8, 4) is 0 Å². The van der Waals surface area contributed by atoms with E-state index in [1.165, 1.54) is 0 Å². The van der Waals surface area contributed by atoms with Crippen LogP contribution in [0.1, 0.15) is 12.5 Å². The van der Waals surface area contributed by atoms with Gasteiger partial charge >= 0.3 is 35.3 Å². The molecule has 0 aliphatic rings. The fourth-order valence-corrected chi connectivity index (χ4v) is 0.900. The van der Waals surface area contributed by atoms with Gasteiger partial charge < -0.3 is 27.2 Å². The van der Waals surface area contributed by atoms with E-state index in [1.807, 2.05) is 30.3 Å². The number of rotatable bonds is 6. The first-order valence-electron chi connectivity index (χ1n) is 6.36. The van der Waals surface area contributed by atoms with E-state index in [0.717, 1.165) is 5.56 Å². The van der Waals surface area contributed by atoms with E-state index in [0.29, 0.717) is 26.4 Å². The molecule has 1 rings (SSSR count). The number of hydrogen-bond donors (Lipinski definition) is 1. The Kier molecular flexibility index (Phi) is 52.8. The summed E-state index contributed by atoms with van der Waals surface area (Å²) in [6.45, 7) is 7.23. The zero-order valence-electron chi connectivity index (χ0n) is 13.4. The molecule has 2 N–H and O–H groups in total. The summed E-state index contributed by atoms with van der Waals surface area (Å²) in [5.41, 5.74) is 7.64. The van der Waals surface area contributed by atoms with Gasteiger partial charge in [0.05, 0.1) is 19.8 Å². The van der Waals surface area contributed by atoms with Crippen LogP contribution in [0.4, 0.5) is 0 Å². The molecule has 0 heterocycles. The van der Waals surface area contributed by atoms with Crippen LogP contribution in [0, 0.1) is 6.92 Å².